The average Bonchev–Trinajstić information content (AvgIpc) is 2.45. The average molecular weight is 253 g/mol. The smallest absolute Gasteiger partial charge is 0.197 e. The summed E-state index contributed by atoms with van der Waals surface area (Å²) in [6, 6.07) is 13.6. The zero-order valence-electron chi connectivity index (χ0n) is 11.0. The second kappa shape index (κ2) is 4.52. The predicted octanol–water partition coefficient (Wildman–Crippen LogP) is 2.84. The van der Waals surface area contributed by atoms with Gasteiger partial charge in [0.1, 0.15) is 0 Å². The lowest BCUT2D eigenvalue weighted by Gasteiger charge is -2.12. The Morgan fingerprint density at radius 1 is 1.05 bits per heavy atom. The van der Waals surface area contributed by atoms with Crippen molar-refractivity contribution < 1.29 is 4.74 Å². The Kier molecular flexibility index (Phi) is 2.84. The van der Waals surface area contributed by atoms with Crippen LogP contribution in [0.5, 0.6) is 0 Å². The first-order chi connectivity index (χ1) is 9.24. The van der Waals surface area contributed by atoms with Gasteiger partial charge in [0, 0.05) is 19.5 Å². The highest BCUT2D eigenvalue weighted by Gasteiger charge is 2.11. The molecule has 3 heteroatoms. The molecule has 0 saturated carbocycles. The van der Waals surface area contributed by atoms with Crippen molar-refractivity contribution in [1.29, 1.82) is 0 Å². The summed E-state index contributed by atoms with van der Waals surface area (Å²) >= 11 is 0. The molecule has 19 heavy (non-hydrogen) atoms. The lowest BCUT2D eigenvalue weighted by atomic mass is 10.0. The molecule has 3 aromatic rings. The fraction of sp³-hybridized carbons (Fsp3) is 0.188. The second-order valence-corrected chi connectivity index (χ2v) is 4.65. The van der Waals surface area contributed by atoms with Crippen LogP contribution in [0.25, 0.3) is 21.8 Å². The summed E-state index contributed by atoms with van der Waals surface area (Å²) in [4.78, 5) is 12.7. The molecule has 0 amide bonds. The Balaban J connectivity index is 2.57. The Morgan fingerprint density at radius 3 is 2.58 bits per heavy atom. The van der Waals surface area contributed by atoms with Crippen LogP contribution in [0.4, 0.5) is 0 Å². The van der Waals surface area contributed by atoms with Crippen molar-refractivity contribution >= 4 is 21.8 Å². The van der Waals surface area contributed by atoms with Crippen LogP contribution in [0.3, 0.4) is 0 Å². The molecular formula is C16H15NO2. The van der Waals surface area contributed by atoms with E-state index in [1.807, 2.05) is 49.5 Å². The number of fused-ring (bicyclic) bond motifs is 2. The first-order valence-electron chi connectivity index (χ1n) is 6.22. The zero-order chi connectivity index (χ0) is 13.4. The van der Waals surface area contributed by atoms with Gasteiger partial charge in [-0.2, -0.15) is 0 Å². The van der Waals surface area contributed by atoms with Crippen LogP contribution in [0, 0.1) is 0 Å². The highest BCUT2D eigenvalue weighted by molar-refractivity contribution is 5.94. The fourth-order valence-corrected chi connectivity index (χ4v) is 2.63. The molecule has 0 fully saturated rings. The lowest BCUT2D eigenvalue weighted by molar-refractivity contribution is 0.186. The van der Waals surface area contributed by atoms with Crippen LogP contribution in [0.2, 0.25) is 0 Å². The molecule has 0 bridgehead atoms. The third-order valence-corrected chi connectivity index (χ3v) is 3.53. The van der Waals surface area contributed by atoms with Gasteiger partial charge in [-0.15, -0.1) is 0 Å². The molecule has 3 nitrogen and oxygen atoms in total. The van der Waals surface area contributed by atoms with Crippen molar-refractivity contribution in [3.05, 3.63) is 58.3 Å². The van der Waals surface area contributed by atoms with E-state index < -0.39 is 0 Å². The summed E-state index contributed by atoms with van der Waals surface area (Å²) in [6.07, 6.45) is 0. The van der Waals surface area contributed by atoms with E-state index in [2.05, 4.69) is 4.57 Å². The minimum atomic E-state index is 0.0800. The Hall–Kier alpha value is -2.13. The minimum absolute atomic E-state index is 0.0800. The van der Waals surface area contributed by atoms with Gasteiger partial charge in [-0.05, 0) is 23.8 Å². The zero-order valence-corrected chi connectivity index (χ0v) is 11.0. The van der Waals surface area contributed by atoms with Crippen molar-refractivity contribution in [2.45, 2.75) is 6.61 Å². The van der Waals surface area contributed by atoms with Crippen LogP contribution in [0.1, 0.15) is 5.56 Å². The highest BCUT2D eigenvalue weighted by Crippen LogP contribution is 2.21. The first-order valence-corrected chi connectivity index (χ1v) is 6.22. The summed E-state index contributed by atoms with van der Waals surface area (Å²) in [6.45, 7) is 0.449. The van der Waals surface area contributed by atoms with E-state index in [0.29, 0.717) is 6.61 Å². The highest BCUT2D eigenvalue weighted by atomic mass is 16.5. The molecule has 0 spiro atoms. The van der Waals surface area contributed by atoms with Gasteiger partial charge in [0.25, 0.3) is 0 Å². The standard InChI is InChI=1S/C16H15NO2/c1-17-13-8-4-3-7-12(13)16(18)15-11(10-19-2)6-5-9-14(15)17/h3-9H,10H2,1-2H3. The summed E-state index contributed by atoms with van der Waals surface area (Å²) in [5, 5.41) is 1.51. The van der Waals surface area contributed by atoms with Gasteiger partial charge in [-0.1, -0.05) is 24.3 Å². The first kappa shape index (κ1) is 11.9. The molecule has 3 rings (SSSR count). The second-order valence-electron chi connectivity index (χ2n) is 4.65. The monoisotopic (exact) mass is 253 g/mol. The molecule has 0 saturated heterocycles. The molecule has 1 aromatic heterocycles. The molecule has 0 aliphatic heterocycles. The van der Waals surface area contributed by atoms with E-state index in [1.165, 1.54) is 0 Å². The molecular weight excluding hydrogens is 238 g/mol. The number of hydrogen-bond donors (Lipinski definition) is 0. The van der Waals surface area contributed by atoms with Crippen molar-refractivity contribution in [3.8, 4) is 0 Å². The van der Waals surface area contributed by atoms with Crippen molar-refractivity contribution in [2.75, 3.05) is 7.11 Å². The lowest BCUT2D eigenvalue weighted by Crippen LogP contribution is -2.11. The van der Waals surface area contributed by atoms with Crippen LogP contribution < -0.4 is 5.43 Å². The van der Waals surface area contributed by atoms with E-state index in [4.69, 9.17) is 4.74 Å². The van der Waals surface area contributed by atoms with E-state index in [9.17, 15) is 4.79 Å². The number of hydrogen-bond acceptors (Lipinski definition) is 2. The van der Waals surface area contributed by atoms with Crippen molar-refractivity contribution in [1.82, 2.24) is 4.57 Å². The van der Waals surface area contributed by atoms with Crippen LogP contribution in [-0.4, -0.2) is 11.7 Å². The molecule has 96 valence electrons. The number of nitrogens with zero attached hydrogens (tertiary/aromatic N) is 1. The van der Waals surface area contributed by atoms with Crippen molar-refractivity contribution in [3.63, 3.8) is 0 Å². The topological polar surface area (TPSA) is 31.2 Å². The molecule has 0 atom stereocenters. The van der Waals surface area contributed by atoms with Crippen molar-refractivity contribution in [2.24, 2.45) is 7.05 Å². The maximum Gasteiger partial charge on any atom is 0.197 e. The Labute approximate surface area is 111 Å². The number of rotatable bonds is 2. The maximum absolute atomic E-state index is 12.7. The molecule has 2 aromatic carbocycles. The minimum Gasteiger partial charge on any atom is -0.380 e. The number of pyridine rings is 1. The Bertz CT molecular complexity index is 818. The van der Waals surface area contributed by atoms with Crippen LogP contribution in [-0.2, 0) is 18.4 Å². The third-order valence-electron chi connectivity index (χ3n) is 3.53. The quantitative estimate of drug-likeness (QED) is 0.658. The van der Waals surface area contributed by atoms with Crippen LogP contribution >= 0.6 is 0 Å². The largest absolute Gasteiger partial charge is 0.380 e. The number of benzene rings is 2. The normalized spacial score (nSPS) is 11.3. The summed E-state index contributed by atoms with van der Waals surface area (Å²) in [7, 11) is 3.63. The number of methoxy groups -OCH3 is 1. The van der Waals surface area contributed by atoms with E-state index >= 15 is 0 Å². The SMILES string of the molecule is COCc1cccc2c1c(=O)c1ccccc1n2C. The molecule has 0 radical (unpaired) electrons. The third kappa shape index (κ3) is 1.74. The van der Waals surface area contributed by atoms with Gasteiger partial charge in [-0.25, -0.2) is 0 Å². The molecule has 0 aliphatic carbocycles. The molecule has 0 N–H and O–H groups in total. The van der Waals surface area contributed by atoms with E-state index in [-0.39, 0.29) is 5.43 Å². The van der Waals surface area contributed by atoms with Gasteiger partial charge in [0.15, 0.2) is 5.43 Å². The van der Waals surface area contributed by atoms with Gasteiger partial charge in [-0.3, -0.25) is 4.79 Å². The van der Waals surface area contributed by atoms with Gasteiger partial charge < -0.3 is 9.30 Å². The van der Waals surface area contributed by atoms with Gasteiger partial charge in [0.2, 0.25) is 0 Å². The van der Waals surface area contributed by atoms with Gasteiger partial charge in [0.05, 0.1) is 23.0 Å². The fourth-order valence-electron chi connectivity index (χ4n) is 2.63. The summed E-state index contributed by atoms with van der Waals surface area (Å²) in [5.74, 6) is 0. The number of aromatic nitrogens is 1. The molecule has 1 heterocycles. The van der Waals surface area contributed by atoms with Crippen LogP contribution in [0.15, 0.2) is 47.3 Å². The number of aryl methyl sites for hydroxylation is 1. The van der Waals surface area contributed by atoms with E-state index in [1.54, 1.807) is 7.11 Å². The summed E-state index contributed by atoms with van der Waals surface area (Å²) < 4.78 is 7.26. The molecule has 0 unspecified atom stereocenters. The predicted molar refractivity (Wildman–Crippen MR) is 77.4 cm³/mol. The number of ether oxygens (including phenoxy) is 1. The maximum atomic E-state index is 12.7. The number of para-hydroxylation sites is 1. The van der Waals surface area contributed by atoms with E-state index in [0.717, 1.165) is 27.4 Å². The Morgan fingerprint density at radius 2 is 1.79 bits per heavy atom. The molecule has 0 aliphatic rings. The summed E-state index contributed by atoms with van der Waals surface area (Å²) in [5.41, 5.74) is 2.91. The van der Waals surface area contributed by atoms with Gasteiger partial charge >= 0.3 is 0 Å².